The van der Waals surface area contributed by atoms with Gasteiger partial charge in [0.05, 0.1) is 11.1 Å². The zero-order valence-electron chi connectivity index (χ0n) is 11.7. The van der Waals surface area contributed by atoms with Gasteiger partial charge in [-0.3, -0.25) is 4.79 Å². The Balaban J connectivity index is 2.66. The van der Waals surface area contributed by atoms with Gasteiger partial charge < -0.3 is 10.6 Å². The zero-order chi connectivity index (χ0) is 13.6. The molecule has 1 atom stereocenters. The second kappa shape index (κ2) is 4.09. The standard InChI is InChI=1S/C15H22N2O/c1-5-17-12-9-7-6-8-11(12)10-13(18)15(4,16)14(17,2)3/h6-9H,5,10,16H2,1-4H3. The first-order chi connectivity index (χ1) is 8.32. The molecule has 2 N–H and O–H groups in total. The molecule has 3 nitrogen and oxygen atoms in total. The highest BCUT2D eigenvalue weighted by Gasteiger charge is 2.49. The number of nitrogens with zero attached hydrogens (tertiary/aromatic N) is 1. The average Bonchev–Trinajstić information content (AvgIpc) is 2.35. The second-order valence-electron chi connectivity index (χ2n) is 5.73. The molecule has 0 aliphatic carbocycles. The molecule has 1 aromatic rings. The van der Waals surface area contributed by atoms with Crippen molar-refractivity contribution >= 4 is 11.5 Å². The molecule has 1 aliphatic heterocycles. The van der Waals surface area contributed by atoms with E-state index in [1.807, 2.05) is 25.1 Å². The van der Waals surface area contributed by atoms with Crippen LogP contribution in [-0.2, 0) is 11.2 Å². The first-order valence-corrected chi connectivity index (χ1v) is 6.50. The van der Waals surface area contributed by atoms with Crippen molar-refractivity contribution in [3.8, 4) is 0 Å². The van der Waals surface area contributed by atoms with E-state index in [4.69, 9.17) is 5.73 Å². The third-order valence-corrected chi connectivity index (χ3v) is 4.47. The number of likely N-dealkylation sites (N-methyl/N-ethyl adjacent to an activating group) is 1. The molecule has 3 heteroatoms. The predicted molar refractivity (Wildman–Crippen MR) is 74.8 cm³/mol. The maximum Gasteiger partial charge on any atom is 0.159 e. The third kappa shape index (κ3) is 1.65. The number of hydrogen-bond acceptors (Lipinski definition) is 3. The molecule has 18 heavy (non-hydrogen) atoms. The van der Waals surface area contributed by atoms with Crippen LogP contribution in [0.15, 0.2) is 24.3 Å². The van der Waals surface area contributed by atoms with Crippen LogP contribution in [0, 0.1) is 0 Å². The Labute approximate surface area is 109 Å². The fourth-order valence-corrected chi connectivity index (χ4v) is 2.77. The van der Waals surface area contributed by atoms with E-state index in [-0.39, 0.29) is 5.78 Å². The molecule has 0 bridgehead atoms. The fourth-order valence-electron chi connectivity index (χ4n) is 2.77. The molecule has 0 saturated carbocycles. The molecular weight excluding hydrogens is 224 g/mol. The van der Waals surface area contributed by atoms with Gasteiger partial charge in [0.2, 0.25) is 0 Å². The number of Topliss-reactive ketones (excluding diaryl/α,β-unsaturated/α-hetero) is 1. The van der Waals surface area contributed by atoms with Crippen LogP contribution < -0.4 is 10.6 Å². The minimum absolute atomic E-state index is 0.107. The molecule has 1 unspecified atom stereocenters. The van der Waals surface area contributed by atoms with Crippen molar-refractivity contribution in [1.82, 2.24) is 0 Å². The number of hydrogen-bond donors (Lipinski definition) is 1. The topological polar surface area (TPSA) is 46.3 Å². The maximum absolute atomic E-state index is 12.4. The van der Waals surface area contributed by atoms with Crippen molar-refractivity contribution in [1.29, 1.82) is 0 Å². The van der Waals surface area contributed by atoms with Crippen molar-refractivity contribution in [2.75, 3.05) is 11.4 Å². The van der Waals surface area contributed by atoms with Gasteiger partial charge in [-0.25, -0.2) is 0 Å². The van der Waals surface area contributed by atoms with Crippen LogP contribution in [0.1, 0.15) is 33.3 Å². The Kier molecular flexibility index (Phi) is 2.98. The summed E-state index contributed by atoms with van der Waals surface area (Å²) in [4.78, 5) is 14.7. The summed E-state index contributed by atoms with van der Waals surface area (Å²) in [6, 6.07) is 8.09. The molecule has 1 heterocycles. The van der Waals surface area contributed by atoms with Crippen molar-refractivity contribution in [2.45, 2.75) is 45.2 Å². The highest BCUT2D eigenvalue weighted by atomic mass is 16.1. The van der Waals surface area contributed by atoms with Gasteiger partial charge in [0.25, 0.3) is 0 Å². The van der Waals surface area contributed by atoms with E-state index >= 15 is 0 Å². The molecule has 1 aliphatic rings. The molecule has 0 aromatic heterocycles. The van der Waals surface area contributed by atoms with Gasteiger partial charge in [0.1, 0.15) is 0 Å². The minimum atomic E-state index is -0.845. The lowest BCUT2D eigenvalue weighted by molar-refractivity contribution is -0.124. The molecular formula is C15H22N2O. The molecule has 2 rings (SSSR count). The van der Waals surface area contributed by atoms with Crippen LogP contribution in [0.4, 0.5) is 5.69 Å². The Morgan fingerprint density at radius 1 is 1.28 bits per heavy atom. The van der Waals surface area contributed by atoms with Crippen molar-refractivity contribution < 1.29 is 4.79 Å². The number of fused-ring (bicyclic) bond motifs is 1. The molecule has 1 aromatic carbocycles. The Bertz CT molecular complexity index is 477. The van der Waals surface area contributed by atoms with Crippen molar-refractivity contribution in [3.63, 3.8) is 0 Å². The largest absolute Gasteiger partial charge is 0.364 e. The van der Waals surface area contributed by atoms with E-state index in [0.717, 1.165) is 17.8 Å². The van der Waals surface area contributed by atoms with Crippen LogP contribution in [0.2, 0.25) is 0 Å². The zero-order valence-corrected chi connectivity index (χ0v) is 11.7. The third-order valence-electron chi connectivity index (χ3n) is 4.47. The number of para-hydroxylation sites is 1. The molecule has 0 amide bonds. The first kappa shape index (κ1) is 13.1. The van der Waals surface area contributed by atoms with E-state index in [1.165, 1.54) is 0 Å². The summed E-state index contributed by atoms with van der Waals surface area (Å²) in [7, 11) is 0. The fraction of sp³-hybridized carbons (Fsp3) is 0.533. The normalized spacial score (nSPS) is 26.7. The molecule has 0 saturated heterocycles. The predicted octanol–water partition coefficient (Wildman–Crippen LogP) is 2.13. The van der Waals surface area contributed by atoms with E-state index < -0.39 is 11.1 Å². The summed E-state index contributed by atoms with van der Waals surface area (Å²) in [6.07, 6.45) is 0.420. The van der Waals surface area contributed by atoms with E-state index in [2.05, 4.69) is 31.7 Å². The van der Waals surface area contributed by atoms with Crippen LogP contribution in [-0.4, -0.2) is 23.4 Å². The van der Waals surface area contributed by atoms with Crippen LogP contribution in [0.3, 0.4) is 0 Å². The Morgan fingerprint density at radius 3 is 2.50 bits per heavy atom. The number of nitrogens with two attached hydrogens (primary N) is 1. The van der Waals surface area contributed by atoms with Gasteiger partial charge in [-0.05, 0) is 39.3 Å². The summed E-state index contributed by atoms with van der Waals surface area (Å²) < 4.78 is 0. The SMILES string of the molecule is CCN1c2ccccc2CC(=O)C(C)(N)C1(C)C. The van der Waals surface area contributed by atoms with Crippen LogP contribution in [0.5, 0.6) is 0 Å². The number of anilines is 1. The monoisotopic (exact) mass is 246 g/mol. The number of carbonyl (C=O) groups is 1. The lowest BCUT2D eigenvalue weighted by Gasteiger charge is -2.47. The summed E-state index contributed by atoms with van der Waals surface area (Å²) in [6.45, 7) is 8.89. The van der Waals surface area contributed by atoms with Crippen molar-refractivity contribution in [3.05, 3.63) is 29.8 Å². The molecule has 0 radical (unpaired) electrons. The van der Waals surface area contributed by atoms with Gasteiger partial charge in [-0.1, -0.05) is 18.2 Å². The first-order valence-electron chi connectivity index (χ1n) is 6.50. The van der Waals surface area contributed by atoms with Crippen LogP contribution in [0.25, 0.3) is 0 Å². The van der Waals surface area contributed by atoms with Crippen LogP contribution >= 0.6 is 0 Å². The second-order valence-corrected chi connectivity index (χ2v) is 5.73. The highest BCUT2D eigenvalue weighted by molar-refractivity contribution is 5.94. The van der Waals surface area contributed by atoms with E-state index in [0.29, 0.717) is 6.42 Å². The number of rotatable bonds is 1. The maximum atomic E-state index is 12.4. The van der Waals surface area contributed by atoms with E-state index in [1.54, 1.807) is 0 Å². The van der Waals surface area contributed by atoms with Crippen molar-refractivity contribution in [2.24, 2.45) is 5.73 Å². The summed E-state index contributed by atoms with van der Waals surface area (Å²) >= 11 is 0. The number of ketones is 1. The molecule has 98 valence electrons. The lowest BCUT2D eigenvalue weighted by Crippen LogP contribution is -2.67. The Morgan fingerprint density at radius 2 is 1.89 bits per heavy atom. The smallest absolute Gasteiger partial charge is 0.159 e. The number of carbonyl (C=O) groups excluding carboxylic acids is 1. The summed E-state index contributed by atoms with van der Waals surface area (Å²) in [5.41, 5.74) is 7.32. The van der Waals surface area contributed by atoms with Gasteiger partial charge in [0, 0.05) is 18.7 Å². The minimum Gasteiger partial charge on any atom is -0.364 e. The summed E-state index contributed by atoms with van der Waals surface area (Å²) in [5.74, 6) is 0.107. The van der Waals surface area contributed by atoms with E-state index in [9.17, 15) is 4.79 Å². The van der Waals surface area contributed by atoms with Gasteiger partial charge in [-0.15, -0.1) is 0 Å². The average molecular weight is 246 g/mol. The lowest BCUT2D eigenvalue weighted by atomic mass is 9.77. The molecule has 0 fully saturated rings. The highest BCUT2D eigenvalue weighted by Crippen LogP contribution is 2.37. The summed E-state index contributed by atoms with van der Waals surface area (Å²) in [5, 5.41) is 0. The number of benzene rings is 1. The quantitative estimate of drug-likeness (QED) is 0.825. The Hall–Kier alpha value is -1.35. The van der Waals surface area contributed by atoms with Gasteiger partial charge in [-0.2, -0.15) is 0 Å². The van der Waals surface area contributed by atoms with Gasteiger partial charge >= 0.3 is 0 Å². The van der Waals surface area contributed by atoms with Gasteiger partial charge in [0.15, 0.2) is 5.78 Å². The molecule has 0 spiro atoms.